The Morgan fingerprint density at radius 1 is 0.778 bits per heavy atom. The van der Waals surface area contributed by atoms with E-state index in [2.05, 4.69) is 85.7 Å². The van der Waals surface area contributed by atoms with Crippen LogP contribution in [-0.2, 0) is 13.1 Å². The van der Waals surface area contributed by atoms with Crippen LogP contribution < -0.4 is 10.2 Å². The highest BCUT2D eigenvalue weighted by Gasteiger charge is 2.18. The van der Waals surface area contributed by atoms with Crippen molar-refractivity contribution in [2.45, 2.75) is 13.1 Å². The molecule has 1 N–H and O–H groups in total. The molecule has 5 nitrogen and oxygen atoms in total. The summed E-state index contributed by atoms with van der Waals surface area (Å²) >= 11 is 0. The van der Waals surface area contributed by atoms with Crippen molar-refractivity contribution < 1.29 is 0 Å². The average Bonchev–Trinajstić information content (AvgIpc) is 2.75. The molecule has 0 bridgehead atoms. The second-order valence-electron chi connectivity index (χ2n) is 6.85. The summed E-state index contributed by atoms with van der Waals surface area (Å²) in [5.74, 6) is 1.87. The summed E-state index contributed by atoms with van der Waals surface area (Å²) in [7, 11) is 0. The molecule has 1 saturated heterocycles. The summed E-state index contributed by atoms with van der Waals surface area (Å²) in [6.07, 6.45) is 1.65. The van der Waals surface area contributed by atoms with Gasteiger partial charge in [-0.2, -0.15) is 0 Å². The van der Waals surface area contributed by atoms with Gasteiger partial charge in [-0.3, -0.25) is 4.90 Å². The van der Waals surface area contributed by atoms with Crippen LogP contribution in [0.4, 0.5) is 11.6 Å². The van der Waals surface area contributed by atoms with Gasteiger partial charge in [0.15, 0.2) is 0 Å². The number of nitrogens with one attached hydrogen (secondary N) is 1. The van der Waals surface area contributed by atoms with E-state index in [1.165, 1.54) is 11.1 Å². The first-order chi connectivity index (χ1) is 13.4. The van der Waals surface area contributed by atoms with E-state index in [9.17, 15) is 0 Å². The highest BCUT2D eigenvalue weighted by Crippen LogP contribution is 2.17. The van der Waals surface area contributed by atoms with Crippen LogP contribution in [0.1, 0.15) is 11.1 Å². The molecule has 1 aromatic heterocycles. The van der Waals surface area contributed by atoms with Gasteiger partial charge < -0.3 is 10.2 Å². The van der Waals surface area contributed by atoms with E-state index >= 15 is 0 Å². The lowest BCUT2D eigenvalue weighted by Gasteiger charge is -2.35. The summed E-state index contributed by atoms with van der Waals surface area (Å²) in [4.78, 5) is 13.7. The van der Waals surface area contributed by atoms with Gasteiger partial charge in [-0.15, -0.1) is 0 Å². The predicted molar refractivity (Wildman–Crippen MR) is 110 cm³/mol. The van der Waals surface area contributed by atoms with Gasteiger partial charge in [-0.25, -0.2) is 9.97 Å². The molecule has 5 heteroatoms. The largest absolute Gasteiger partial charge is 0.366 e. The maximum atomic E-state index is 4.48. The Hall–Kier alpha value is -2.92. The van der Waals surface area contributed by atoms with Crippen molar-refractivity contribution in [3.63, 3.8) is 0 Å². The lowest BCUT2D eigenvalue weighted by Crippen LogP contribution is -2.46. The predicted octanol–water partition coefficient (Wildman–Crippen LogP) is 3.41. The van der Waals surface area contributed by atoms with Crippen LogP contribution in [0.5, 0.6) is 0 Å². The summed E-state index contributed by atoms with van der Waals surface area (Å²) in [6.45, 7) is 5.85. The first-order valence-corrected chi connectivity index (χ1v) is 9.48. The number of anilines is 2. The van der Waals surface area contributed by atoms with Crippen LogP contribution >= 0.6 is 0 Å². The van der Waals surface area contributed by atoms with Crippen LogP contribution in [-0.4, -0.2) is 41.0 Å². The van der Waals surface area contributed by atoms with Crippen LogP contribution in [0.25, 0.3) is 0 Å². The third-order valence-electron chi connectivity index (χ3n) is 4.91. The minimum Gasteiger partial charge on any atom is -0.366 e. The summed E-state index contributed by atoms with van der Waals surface area (Å²) < 4.78 is 0. The molecule has 0 aliphatic carbocycles. The third-order valence-corrected chi connectivity index (χ3v) is 4.91. The monoisotopic (exact) mass is 359 g/mol. The second-order valence-corrected chi connectivity index (χ2v) is 6.85. The number of nitrogens with zero attached hydrogens (tertiary/aromatic N) is 4. The van der Waals surface area contributed by atoms with Gasteiger partial charge in [0.25, 0.3) is 0 Å². The molecule has 27 heavy (non-hydrogen) atoms. The molecule has 0 amide bonds. The molecular formula is C22H25N5. The van der Waals surface area contributed by atoms with Gasteiger partial charge in [0.1, 0.15) is 18.0 Å². The summed E-state index contributed by atoms with van der Waals surface area (Å²) in [6, 6.07) is 23.1. The van der Waals surface area contributed by atoms with Crippen molar-refractivity contribution in [3.05, 3.63) is 84.2 Å². The molecule has 3 aromatic rings. The average molecular weight is 359 g/mol. The highest BCUT2D eigenvalue weighted by molar-refractivity contribution is 5.49. The maximum Gasteiger partial charge on any atom is 0.134 e. The van der Waals surface area contributed by atoms with Gasteiger partial charge in [-0.1, -0.05) is 60.7 Å². The van der Waals surface area contributed by atoms with Crippen molar-refractivity contribution in [1.29, 1.82) is 0 Å². The van der Waals surface area contributed by atoms with Crippen molar-refractivity contribution in [3.8, 4) is 0 Å². The van der Waals surface area contributed by atoms with Crippen molar-refractivity contribution in [2.75, 3.05) is 36.4 Å². The quantitative estimate of drug-likeness (QED) is 0.731. The van der Waals surface area contributed by atoms with Crippen LogP contribution in [0.3, 0.4) is 0 Å². The van der Waals surface area contributed by atoms with E-state index < -0.39 is 0 Å². The summed E-state index contributed by atoms with van der Waals surface area (Å²) in [5.41, 5.74) is 2.62. The molecule has 2 heterocycles. The van der Waals surface area contributed by atoms with Gasteiger partial charge >= 0.3 is 0 Å². The number of hydrogen-bond donors (Lipinski definition) is 1. The number of hydrogen-bond acceptors (Lipinski definition) is 5. The number of rotatable bonds is 6. The molecule has 0 radical (unpaired) electrons. The van der Waals surface area contributed by atoms with Gasteiger partial charge in [-0.05, 0) is 11.1 Å². The number of piperazine rings is 1. The van der Waals surface area contributed by atoms with Gasteiger partial charge in [0.05, 0.1) is 0 Å². The van der Waals surface area contributed by atoms with Crippen molar-refractivity contribution in [1.82, 2.24) is 14.9 Å². The molecule has 0 atom stereocenters. The van der Waals surface area contributed by atoms with Crippen molar-refractivity contribution >= 4 is 11.6 Å². The normalized spacial score (nSPS) is 14.9. The van der Waals surface area contributed by atoms with Crippen LogP contribution in [0.2, 0.25) is 0 Å². The molecule has 0 spiro atoms. The van der Waals surface area contributed by atoms with E-state index in [4.69, 9.17) is 0 Å². The van der Waals surface area contributed by atoms with Crippen LogP contribution in [0.15, 0.2) is 73.1 Å². The molecular weight excluding hydrogens is 334 g/mol. The fourth-order valence-corrected chi connectivity index (χ4v) is 3.38. The molecule has 1 aliphatic heterocycles. The zero-order valence-corrected chi connectivity index (χ0v) is 15.5. The van der Waals surface area contributed by atoms with E-state index in [1.54, 1.807) is 6.33 Å². The van der Waals surface area contributed by atoms with E-state index in [-0.39, 0.29) is 0 Å². The van der Waals surface area contributed by atoms with E-state index in [0.29, 0.717) is 0 Å². The Labute approximate surface area is 160 Å². The van der Waals surface area contributed by atoms with Crippen LogP contribution in [0, 0.1) is 0 Å². The first-order valence-electron chi connectivity index (χ1n) is 9.48. The van der Waals surface area contributed by atoms with Gasteiger partial charge in [0.2, 0.25) is 0 Å². The Bertz CT molecular complexity index is 830. The number of benzene rings is 2. The van der Waals surface area contributed by atoms with Crippen molar-refractivity contribution in [2.24, 2.45) is 0 Å². The highest BCUT2D eigenvalue weighted by atomic mass is 15.3. The number of aromatic nitrogens is 2. The molecule has 0 unspecified atom stereocenters. The SMILES string of the molecule is c1ccc(CNc2cc(N3CCN(Cc4ccccc4)CC3)ncn2)cc1. The Balaban J connectivity index is 1.32. The minimum absolute atomic E-state index is 0.766. The maximum absolute atomic E-state index is 4.48. The Morgan fingerprint density at radius 2 is 1.44 bits per heavy atom. The molecule has 0 saturated carbocycles. The molecule has 138 valence electrons. The third kappa shape index (κ3) is 4.83. The summed E-state index contributed by atoms with van der Waals surface area (Å²) in [5, 5.41) is 3.39. The smallest absolute Gasteiger partial charge is 0.134 e. The molecule has 1 aliphatic rings. The second kappa shape index (κ2) is 8.64. The minimum atomic E-state index is 0.766. The fraction of sp³-hybridized carbons (Fsp3) is 0.273. The topological polar surface area (TPSA) is 44.3 Å². The lowest BCUT2D eigenvalue weighted by atomic mass is 10.2. The van der Waals surface area contributed by atoms with E-state index in [1.807, 2.05) is 6.07 Å². The Morgan fingerprint density at radius 3 is 2.15 bits per heavy atom. The molecule has 2 aromatic carbocycles. The molecule has 4 rings (SSSR count). The fourth-order valence-electron chi connectivity index (χ4n) is 3.38. The zero-order chi connectivity index (χ0) is 18.3. The first kappa shape index (κ1) is 17.5. The van der Waals surface area contributed by atoms with Gasteiger partial charge in [0, 0.05) is 45.3 Å². The Kier molecular flexibility index (Phi) is 5.60. The molecule has 1 fully saturated rings. The standard InChI is InChI=1S/C22H25N5/c1-3-7-19(8-4-1)16-23-21-15-22(25-18-24-21)27-13-11-26(12-14-27)17-20-9-5-2-6-10-20/h1-10,15,18H,11-14,16-17H2,(H,23,24,25). The van der Waals surface area contributed by atoms with E-state index in [0.717, 1.165) is 50.9 Å². The zero-order valence-electron chi connectivity index (χ0n) is 15.5. The lowest BCUT2D eigenvalue weighted by molar-refractivity contribution is 0.249.